The van der Waals surface area contributed by atoms with Gasteiger partial charge in [-0.1, -0.05) is 43.2 Å². The minimum absolute atomic E-state index is 0.341. The predicted octanol–water partition coefficient (Wildman–Crippen LogP) is 4.80. The summed E-state index contributed by atoms with van der Waals surface area (Å²) in [7, 11) is 1.86. The fourth-order valence-electron chi connectivity index (χ4n) is 3.00. The van der Waals surface area contributed by atoms with Crippen LogP contribution in [0.1, 0.15) is 51.4 Å². The summed E-state index contributed by atoms with van der Waals surface area (Å²) in [5.74, 6) is 0.560. The zero-order valence-corrected chi connectivity index (χ0v) is 11.6. The molecule has 1 nitrogen and oxygen atoms in total. The smallest absolute Gasteiger partial charge is 0.0787 e. The Hall–Kier alpha value is -0.820. The van der Waals surface area contributed by atoms with Crippen molar-refractivity contribution in [3.05, 3.63) is 36.0 Å². The first-order chi connectivity index (χ1) is 8.92. The quantitative estimate of drug-likeness (QED) is 0.636. The first-order valence-electron chi connectivity index (χ1n) is 7.46. The van der Waals surface area contributed by atoms with E-state index >= 15 is 0 Å². The topological polar surface area (TPSA) is 9.23 Å². The van der Waals surface area contributed by atoms with Crippen LogP contribution in [0.3, 0.4) is 0 Å². The summed E-state index contributed by atoms with van der Waals surface area (Å²) >= 11 is 0. The van der Waals surface area contributed by atoms with Gasteiger partial charge in [0.1, 0.15) is 0 Å². The Balaban J connectivity index is 2.14. The van der Waals surface area contributed by atoms with Gasteiger partial charge in [-0.2, -0.15) is 0 Å². The van der Waals surface area contributed by atoms with Crippen molar-refractivity contribution in [1.29, 1.82) is 0 Å². The highest BCUT2D eigenvalue weighted by atomic mass is 16.5. The van der Waals surface area contributed by atoms with E-state index in [-0.39, 0.29) is 0 Å². The normalized spacial score (nSPS) is 29.9. The second-order valence-corrected chi connectivity index (χ2v) is 5.39. The Morgan fingerprint density at radius 2 is 1.89 bits per heavy atom. The van der Waals surface area contributed by atoms with Crippen LogP contribution in [0.4, 0.5) is 0 Å². The van der Waals surface area contributed by atoms with E-state index in [0.717, 1.165) is 6.42 Å². The summed E-state index contributed by atoms with van der Waals surface area (Å²) in [6.45, 7) is 0. The van der Waals surface area contributed by atoms with E-state index in [1.54, 1.807) is 0 Å². The van der Waals surface area contributed by atoms with Crippen LogP contribution in [0.2, 0.25) is 0 Å². The van der Waals surface area contributed by atoms with Gasteiger partial charge in [0.25, 0.3) is 0 Å². The van der Waals surface area contributed by atoms with Crippen LogP contribution in [0.15, 0.2) is 36.0 Å². The molecule has 0 bridgehead atoms. The number of methoxy groups -OCH3 is 1. The summed E-state index contributed by atoms with van der Waals surface area (Å²) in [5.41, 5.74) is 1.53. The van der Waals surface area contributed by atoms with Crippen LogP contribution < -0.4 is 0 Å². The maximum Gasteiger partial charge on any atom is 0.0787 e. The highest BCUT2D eigenvalue weighted by Crippen LogP contribution is 2.29. The lowest BCUT2D eigenvalue weighted by Crippen LogP contribution is -2.20. The molecule has 0 radical (unpaired) electrons. The predicted molar refractivity (Wildman–Crippen MR) is 77.6 cm³/mol. The average Bonchev–Trinajstić information content (AvgIpc) is 2.30. The molecular weight excluding hydrogens is 220 g/mol. The monoisotopic (exact) mass is 246 g/mol. The van der Waals surface area contributed by atoms with Crippen LogP contribution in [0, 0.1) is 5.92 Å². The van der Waals surface area contributed by atoms with Gasteiger partial charge in [-0.05, 0) is 44.1 Å². The summed E-state index contributed by atoms with van der Waals surface area (Å²) in [5, 5.41) is 0. The lowest BCUT2D eigenvalue weighted by Gasteiger charge is -2.26. The molecule has 2 rings (SSSR count). The van der Waals surface area contributed by atoms with E-state index in [9.17, 15) is 0 Å². The van der Waals surface area contributed by atoms with Crippen molar-refractivity contribution in [3.63, 3.8) is 0 Å². The van der Waals surface area contributed by atoms with Crippen LogP contribution >= 0.6 is 0 Å². The van der Waals surface area contributed by atoms with Crippen molar-refractivity contribution >= 4 is 0 Å². The Labute approximate surface area is 112 Å². The van der Waals surface area contributed by atoms with Gasteiger partial charge in [-0.25, -0.2) is 0 Å². The lowest BCUT2D eigenvalue weighted by molar-refractivity contribution is 0.113. The molecule has 2 aliphatic carbocycles. The van der Waals surface area contributed by atoms with Crippen LogP contribution in [-0.2, 0) is 4.74 Å². The first kappa shape index (κ1) is 13.6. The third kappa shape index (κ3) is 3.84. The molecule has 0 aromatic heterocycles. The van der Waals surface area contributed by atoms with Crippen molar-refractivity contribution in [2.75, 3.05) is 7.11 Å². The molecule has 2 atom stereocenters. The molecule has 0 spiro atoms. The molecule has 0 saturated carbocycles. The van der Waals surface area contributed by atoms with Gasteiger partial charge in [0.2, 0.25) is 0 Å². The number of allylic oxidation sites excluding steroid dienone is 5. The first-order valence-corrected chi connectivity index (χ1v) is 7.46. The van der Waals surface area contributed by atoms with E-state index in [0.29, 0.717) is 12.0 Å². The average molecular weight is 246 g/mol. The summed E-state index contributed by atoms with van der Waals surface area (Å²) in [6, 6.07) is 0. The molecule has 0 N–H and O–H groups in total. The number of ether oxygens (including phenoxy) is 1. The minimum atomic E-state index is 0.341. The van der Waals surface area contributed by atoms with Gasteiger partial charge in [-0.3, -0.25) is 0 Å². The molecule has 2 aliphatic rings. The molecule has 0 amide bonds. The second-order valence-electron chi connectivity index (χ2n) is 5.39. The standard InChI is InChI=1S/C17H26O/c1-18-17-14-10-6-5-9-13-16(17)15-11-7-3-2-4-8-12-15/h3,7-8,12-13,15,17H,2,4-6,9-11,14H2,1H3. The molecule has 2 unspecified atom stereocenters. The fraction of sp³-hybridized carbons (Fsp3) is 0.647. The zero-order chi connectivity index (χ0) is 12.6. The Morgan fingerprint density at radius 1 is 1.00 bits per heavy atom. The third-order valence-corrected chi connectivity index (χ3v) is 4.06. The van der Waals surface area contributed by atoms with E-state index in [1.165, 1.54) is 50.5 Å². The van der Waals surface area contributed by atoms with Crippen molar-refractivity contribution in [3.8, 4) is 0 Å². The van der Waals surface area contributed by atoms with Crippen LogP contribution in [0.5, 0.6) is 0 Å². The van der Waals surface area contributed by atoms with E-state index < -0.39 is 0 Å². The molecule has 1 heteroatoms. The van der Waals surface area contributed by atoms with Crippen LogP contribution in [0.25, 0.3) is 0 Å². The Kier molecular flexibility index (Phi) is 5.73. The second kappa shape index (κ2) is 7.58. The largest absolute Gasteiger partial charge is 0.377 e. The van der Waals surface area contributed by atoms with E-state index in [2.05, 4.69) is 30.4 Å². The van der Waals surface area contributed by atoms with Crippen LogP contribution in [-0.4, -0.2) is 13.2 Å². The summed E-state index contributed by atoms with van der Waals surface area (Å²) in [6.07, 6.45) is 22.1. The van der Waals surface area contributed by atoms with Gasteiger partial charge in [0.05, 0.1) is 6.10 Å². The molecule has 100 valence electrons. The van der Waals surface area contributed by atoms with Crippen molar-refractivity contribution in [2.24, 2.45) is 5.92 Å². The SMILES string of the molecule is COC1CCCCCC=C1C1C=CCCC=CC1. The maximum absolute atomic E-state index is 5.74. The number of hydrogen-bond donors (Lipinski definition) is 0. The Bertz CT molecular complexity index is 325. The number of rotatable bonds is 2. The molecule has 18 heavy (non-hydrogen) atoms. The van der Waals surface area contributed by atoms with Gasteiger partial charge < -0.3 is 4.74 Å². The summed E-state index contributed by atoms with van der Waals surface area (Å²) < 4.78 is 5.74. The van der Waals surface area contributed by atoms with Gasteiger partial charge in [0.15, 0.2) is 0 Å². The van der Waals surface area contributed by atoms with Gasteiger partial charge in [-0.15, -0.1) is 0 Å². The third-order valence-electron chi connectivity index (χ3n) is 4.06. The maximum atomic E-state index is 5.74. The van der Waals surface area contributed by atoms with Gasteiger partial charge in [0, 0.05) is 13.0 Å². The molecule has 0 aromatic carbocycles. The lowest BCUT2D eigenvalue weighted by atomic mass is 9.85. The van der Waals surface area contributed by atoms with E-state index in [4.69, 9.17) is 4.74 Å². The minimum Gasteiger partial charge on any atom is -0.377 e. The van der Waals surface area contributed by atoms with Crippen molar-refractivity contribution in [1.82, 2.24) is 0 Å². The number of hydrogen-bond acceptors (Lipinski definition) is 1. The molecule has 0 saturated heterocycles. The zero-order valence-electron chi connectivity index (χ0n) is 11.6. The highest BCUT2D eigenvalue weighted by Gasteiger charge is 2.21. The van der Waals surface area contributed by atoms with Crippen molar-refractivity contribution in [2.45, 2.75) is 57.5 Å². The summed E-state index contributed by atoms with van der Waals surface area (Å²) in [4.78, 5) is 0. The Morgan fingerprint density at radius 3 is 2.78 bits per heavy atom. The molecular formula is C17H26O. The molecule has 0 aromatic rings. The molecule has 0 aliphatic heterocycles. The fourth-order valence-corrected chi connectivity index (χ4v) is 3.00. The highest BCUT2D eigenvalue weighted by molar-refractivity contribution is 5.21. The molecule has 0 heterocycles. The van der Waals surface area contributed by atoms with E-state index in [1.807, 2.05) is 7.11 Å². The van der Waals surface area contributed by atoms with Crippen molar-refractivity contribution < 1.29 is 4.74 Å². The van der Waals surface area contributed by atoms with Gasteiger partial charge >= 0.3 is 0 Å². The molecule has 0 fully saturated rings.